The minimum absolute atomic E-state index is 0.320. The van der Waals surface area contributed by atoms with E-state index in [1.807, 2.05) is 0 Å². The molecule has 2 aliphatic heterocycles. The van der Waals surface area contributed by atoms with Gasteiger partial charge in [-0.05, 0) is 74.8 Å². The summed E-state index contributed by atoms with van der Waals surface area (Å²) < 4.78 is 95.2. The van der Waals surface area contributed by atoms with Gasteiger partial charge in [-0.15, -0.1) is 0 Å². The van der Waals surface area contributed by atoms with Gasteiger partial charge in [0.15, 0.2) is 5.78 Å². The van der Waals surface area contributed by atoms with Crippen LogP contribution in [0.15, 0.2) is 18.2 Å². The highest BCUT2D eigenvalue weighted by atomic mass is 19.4. The number of alkyl halides is 9. The summed E-state index contributed by atoms with van der Waals surface area (Å²) in [6, 6.07) is 6.40. The first-order valence-corrected chi connectivity index (χ1v) is 15.8. The van der Waals surface area contributed by atoms with Gasteiger partial charge in [0.05, 0.1) is 0 Å². The number of halogens is 9. The highest BCUT2D eigenvalue weighted by Crippen LogP contribution is 2.25. The van der Waals surface area contributed by atoms with Crippen molar-refractivity contribution in [2.45, 2.75) is 76.3 Å². The fourth-order valence-corrected chi connectivity index (χ4v) is 5.38. The van der Waals surface area contributed by atoms with Gasteiger partial charge in [0.25, 0.3) is 0 Å². The summed E-state index contributed by atoms with van der Waals surface area (Å²) in [7, 11) is 0. The van der Waals surface area contributed by atoms with Crippen LogP contribution in [0.4, 0.5) is 39.5 Å². The number of carboxylic acids is 3. The van der Waals surface area contributed by atoms with Crippen molar-refractivity contribution in [1.29, 1.82) is 0 Å². The van der Waals surface area contributed by atoms with E-state index in [1.165, 1.54) is 76.0 Å². The quantitative estimate of drug-likeness (QED) is 0.211. The third-order valence-corrected chi connectivity index (χ3v) is 7.98. The average Bonchev–Trinajstić information content (AvgIpc) is 3.27. The molecule has 0 bridgehead atoms. The number of aliphatic carboxylic acids is 3. The number of carbonyl (C=O) groups excluding carboxylic acids is 1. The normalized spacial score (nSPS) is 17.6. The number of hydrogen-bond acceptors (Lipinski definition) is 7. The Labute approximate surface area is 282 Å². The van der Waals surface area contributed by atoms with Gasteiger partial charge < -0.3 is 30.4 Å². The summed E-state index contributed by atoms with van der Waals surface area (Å²) >= 11 is 0. The molecule has 0 amide bonds. The maximum Gasteiger partial charge on any atom is 0.490 e. The first kappa shape index (κ1) is 44.6. The molecule has 50 heavy (non-hydrogen) atoms. The van der Waals surface area contributed by atoms with Crippen molar-refractivity contribution in [3.05, 3.63) is 34.9 Å². The second-order valence-electron chi connectivity index (χ2n) is 11.8. The van der Waals surface area contributed by atoms with Crippen LogP contribution in [-0.2, 0) is 27.2 Å². The number of nitrogens with zero attached hydrogens (tertiary/aromatic N) is 2. The van der Waals surface area contributed by atoms with Crippen LogP contribution in [0.25, 0.3) is 0 Å². The zero-order chi connectivity index (χ0) is 38.1. The van der Waals surface area contributed by atoms with E-state index in [0.29, 0.717) is 12.2 Å². The molecular weight excluding hydrogens is 697 g/mol. The molecule has 4 rings (SSSR count). The van der Waals surface area contributed by atoms with Gasteiger partial charge in [-0.25, -0.2) is 14.4 Å². The molecule has 0 spiro atoms. The molecule has 0 atom stereocenters. The summed E-state index contributed by atoms with van der Waals surface area (Å²) in [6.07, 6.45) is -4.23. The monoisotopic (exact) mass is 739 g/mol. The van der Waals surface area contributed by atoms with Crippen LogP contribution >= 0.6 is 0 Å². The lowest BCUT2D eigenvalue weighted by molar-refractivity contribution is -0.193. The predicted octanol–water partition coefficient (Wildman–Crippen LogP) is 5.44. The predicted molar refractivity (Wildman–Crippen MR) is 161 cm³/mol. The zero-order valence-corrected chi connectivity index (χ0v) is 27.1. The molecule has 1 aromatic carbocycles. The Hall–Kier alpha value is -3.45. The van der Waals surface area contributed by atoms with Crippen molar-refractivity contribution >= 4 is 23.7 Å². The van der Waals surface area contributed by atoms with Crippen LogP contribution in [0.2, 0.25) is 0 Å². The summed E-state index contributed by atoms with van der Waals surface area (Å²) in [5.41, 5.74) is 3.70. The zero-order valence-electron chi connectivity index (χ0n) is 27.1. The first-order chi connectivity index (χ1) is 23.1. The molecule has 4 N–H and O–H groups in total. The molecule has 1 saturated heterocycles. The summed E-state index contributed by atoms with van der Waals surface area (Å²) in [5, 5.41) is 24.8. The van der Waals surface area contributed by atoms with E-state index in [1.54, 1.807) is 0 Å². The van der Waals surface area contributed by atoms with E-state index >= 15 is 0 Å². The molecule has 1 saturated carbocycles. The van der Waals surface area contributed by atoms with E-state index in [2.05, 4.69) is 33.3 Å². The van der Waals surface area contributed by atoms with Crippen LogP contribution in [0, 0.1) is 5.92 Å². The molecule has 2 fully saturated rings. The maximum atomic E-state index is 12.7. The van der Waals surface area contributed by atoms with Gasteiger partial charge in [0.2, 0.25) is 0 Å². The Kier molecular flexibility index (Phi) is 18.8. The van der Waals surface area contributed by atoms with Crippen molar-refractivity contribution in [2.75, 3.05) is 52.4 Å². The summed E-state index contributed by atoms with van der Waals surface area (Å²) in [4.78, 5) is 44.6. The number of benzene rings is 1. The van der Waals surface area contributed by atoms with Gasteiger partial charge in [-0.1, -0.05) is 31.4 Å². The number of hydrogen-bond donors (Lipinski definition) is 4. The highest BCUT2D eigenvalue weighted by Gasteiger charge is 2.39. The molecule has 286 valence electrons. The largest absolute Gasteiger partial charge is 0.490 e. The lowest BCUT2D eigenvalue weighted by Gasteiger charge is -2.37. The Morgan fingerprint density at radius 2 is 1.12 bits per heavy atom. The first-order valence-electron chi connectivity index (χ1n) is 15.8. The van der Waals surface area contributed by atoms with Crippen LogP contribution in [0.1, 0.15) is 66.4 Å². The molecule has 0 aromatic heterocycles. The molecule has 19 heteroatoms. The van der Waals surface area contributed by atoms with Crippen molar-refractivity contribution in [3.8, 4) is 0 Å². The molecule has 10 nitrogen and oxygen atoms in total. The van der Waals surface area contributed by atoms with Crippen LogP contribution in [-0.4, -0.2) is 120 Å². The average molecular weight is 740 g/mol. The van der Waals surface area contributed by atoms with Crippen molar-refractivity contribution < 1.29 is 74.0 Å². The van der Waals surface area contributed by atoms with E-state index in [9.17, 15) is 44.3 Å². The maximum absolute atomic E-state index is 12.7. The fraction of sp³-hybridized carbons (Fsp3) is 0.677. The second kappa shape index (κ2) is 21.0. The Bertz CT molecular complexity index is 1170. The smallest absolute Gasteiger partial charge is 0.475 e. The number of fused-ring (bicyclic) bond motifs is 1. The lowest BCUT2D eigenvalue weighted by atomic mass is 9.89. The van der Waals surface area contributed by atoms with E-state index in [-0.39, 0.29) is 0 Å². The fourth-order valence-electron chi connectivity index (χ4n) is 5.38. The Morgan fingerprint density at radius 3 is 1.58 bits per heavy atom. The molecule has 3 aliphatic rings. The Morgan fingerprint density at radius 1 is 0.680 bits per heavy atom. The standard InChI is InChI=1S/C25H39N3O.3C2HF3O2/c29-25(24-9-8-22-10-12-26-13-11-23(22)19-24)7-4-14-27-15-17-28(18-16-27)20-21-5-2-1-3-6-21;3*3-2(4,5)1(6)7/h8-9,19,21,26H,1-7,10-18,20H2;3*(H,6,7). The number of rotatable bonds is 7. The van der Waals surface area contributed by atoms with Crippen LogP contribution in [0.5, 0.6) is 0 Å². The summed E-state index contributed by atoms with van der Waals surface area (Å²) in [6.45, 7) is 9.23. The molecule has 1 aromatic rings. The van der Waals surface area contributed by atoms with Crippen molar-refractivity contribution in [2.24, 2.45) is 5.92 Å². The minimum Gasteiger partial charge on any atom is -0.475 e. The van der Waals surface area contributed by atoms with Crippen molar-refractivity contribution in [1.82, 2.24) is 15.1 Å². The molecule has 0 unspecified atom stereocenters. The molecule has 0 radical (unpaired) electrons. The van der Waals surface area contributed by atoms with E-state index in [4.69, 9.17) is 29.7 Å². The van der Waals surface area contributed by atoms with E-state index in [0.717, 1.165) is 50.4 Å². The number of nitrogens with one attached hydrogen (secondary N) is 1. The van der Waals surface area contributed by atoms with Crippen LogP contribution in [0.3, 0.4) is 0 Å². The van der Waals surface area contributed by atoms with Gasteiger partial charge in [-0.3, -0.25) is 4.79 Å². The third kappa shape index (κ3) is 18.5. The topological polar surface area (TPSA) is 147 Å². The molecule has 2 heterocycles. The number of piperazine rings is 1. The number of carboxylic acid groups (broad SMARTS) is 3. The van der Waals surface area contributed by atoms with Gasteiger partial charge in [0, 0.05) is 44.7 Å². The molecule has 1 aliphatic carbocycles. The summed E-state index contributed by atoms with van der Waals surface area (Å²) in [5.74, 6) is -7.00. The van der Waals surface area contributed by atoms with Gasteiger partial charge >= 0.3 is 36.4 Å². The second-order valence-corrected chi connectivity index (χ2v) is 11.8. The minimum atomic E-state index is -5.08. The van der Waals surface area contributed by atoms with Gasteiger partial charge in [-0.2, -0.15) is 39.5 Å². The van der Waals surface area contributed by atoms with Crippen molar-refractivity contribution in [3.63, 3.8) is 0 Å². The third-order valence-electron chi connectivity index (χ3n) is 7.98. The SMILES string of the molecule is O=C(CCCN1CCN(CC2CCCCC2)CC1)c1ccc2c(c1)CCNCC2.O=C(O)C(F)(F)F.O=C(O)C(F)(F)F.O=C(O)C(F)(F)F. The van der Waals surface area contributed by atoms with Gasteiger partial charge in [0.1, 0.15) is 0 Å². The van der Waals surface area contributed by atoms with Crippen LogP contribution < -0.4 is 5.32 Å². The molecular formula is C31H42F9N3O7. The van der Waals surface area contributed by atoms with E-state index < -0.39 is 36.4 Å². The highest BCUT2D eigenvalue weighted by molar-refractivity contribution is 5.96. The number of ketones is 1. The lowest BCUT2D eigenvalue weighted by Crippen LogP contribution is -2.48. The number of carbonyl (C=O) groups is 4. The number of Topliss-reactive ketones (excluding diaryl/α,β-unsaturated/α-hetero) is 1. The Balaban J connectivity index is 0.000000486.